The van der Waals surface area contributed by atoms with Crippen LogP contribution in [0.25, 0.3) is 22.3 Å². The molecule has 0 bridgehead atoms. The third kappa shape index (κ3) is 2.66. The molecule has 0 radical (unpaired) electrons. The minimum Gasteiger partial charge on any atom is -0.360 e. The van der Waals surface area contributed by atoms with Crippen molar-refractivity contribution in [3.63, 3.8) is 0 Å². The van der Waals surface area contributed by atoms with Crippen LogP contribution in [-0.4, -0.2) is 26.1 Å². The minimum absolute atomic E-state index is 0.431. The molecular weight excluding hydrogens is 342 g/mol. The van der Waals surface area contributed by atoms with Crippen molar-refractivity contribution >= 4 is 40.9 Å². The Morgan fingerprint density at radius 3 is 2.75 bits per heavy atom. The number of fused-ring (bicyclic) bond motifs is 1. The summed E-state index contributed by atoms with van der Waals surface area (Å²) in [5, 5.41) is 13.3. The van der Waals surface area contributed by atoms with Gasteiger partial charge in [-0.05, 0) is 36.0 Å². The average Bonchev–Trinajstić information content (AvgIpc) is 3.18. The van der Waals surface area contributed by atoms with Gasteiger partial charge >= 0.3 is 0 Å². The fourth-order valence-corrected chi connectivity index (χ4v) is 2.81. The number of hydrogen-bond donors (Lipinski definition) is 2. The molecule has 0 aliphatic heterocycles. The molecule has 0 saturated carbocycles. The summed E-state index contributed by atoms with van der Waals surface area (Å²) in [5.74, 6) is 0.655. The van der Waals surface area contributed by atoms with E-state index in [0.29, 0.717) is 15.6 Å². The number of aromatic nitrogens is 4. The lowest BCUT2D eigenvalue weighted by Crippen LogP contribution is -1.94. The van der Waals surface area contributed by atoms with Gasteiger partial charge in [0.25, 0.3) is 0 Å². The van der Waals surface area contributed by atoms with Crippen LogP contribution >= 0.6 is 23.8 Å². The molecule has 2 N–H and O–H groups in total. The largest absolute Gasteiger partial charge is 0.360 e. The highest BCUT2D eigenvalue weighted by Gasteiger charge is 2.12. The number of para-hydroxylation sites is 1. The summed E-state index contributed by atoms with van der Waals surface area (Å²) in [6, 6.07) is 15.4. The van der Waals surface area contributed by atoms with Crippen LogP contribution in [0.2, 0.25) is 5.02 Å². The number of halogens is 1. The zero-order chi connectivity index (χ0) is 16.5. The van der Waals surface area contributed by atoms with Gasteiger partial charge in [0, 0.05) is 27.7 Å². The van der Waals surface area contributed by atoms with E-state index in [1.807, 2.05) is 54.7 Å². The first kappa shape index (κ1) is 14.9. The van der Waals surface area contributed by atoms with Crippen LogP contribution in [0, 0.1) is 4.77 Å². The van der Waals surface area contributed by atoms with E-state index in [9.17, 15) is 0 Å². The number of nitrogens with zero attached hydrogens (tertiary/aromatic N) is 3. The van der Waals surface area contributed by atoms with E-state index in [1.54, 1.807) is 10.9 Å². The minimum atomic E-state index is 0.431. The van der Waals surface area contributed by atoms with Crippen LogP contribution in [0.3, 0.4) is 0 Å². The molecule has 0 saturated heterocycles. The van der Waals surface area contributed by atoms with Gasteiger partial charge in [-0.2, -0.15) is 14.9 Å². The quantitative estimate of drug-likeness (QED) is 0.417. The molecule has 4 aromatic rings. The monoisotopic (exact) mass is 353 g/mol. The lowest BCUT2D eigenvalue weighted by atomic mass is 10.2. The van der Waals surface area contributed by atoms with Crippen molar-refractivity contribution in [1.29, 1.82) is 0 Å². The number of aromatic amines is 2. The van der Waals surface area contributed by atoms with Gasteiger partial charge in [-0.15, -0.1) is 0 Å². The smallest absolute Gasteiger partial charge is 0.216 e. The van der Waals surface area contributed by atoms with Gasteiger partial charge in [0.05, 0.1) is 6.21 Å². The molecule has 0 aliphatic carbocycles. The Hall–Kier alpha value is -2.70. The van der Waals surface area contributed by atoms with Gasteiger partial charge in [0.15, 0.2) is 5.82 Å². The maximum absolute atomic E-state index is 5.90. The zero-order valence-corrected chi connectivity index (χ0v) is 14.0. The van der Waals surface area contributed by atoms with Gasteiger partial charge in [0.2, 0.25) is 4.77 Å². The van der Waals surface area contributed by atoms with Crippen LogP contribution in [0.5, 0.6) is 0 Å². The molecule has 0 fully saturated rings. The molecule has 0 atom stereocenters. The molecule has 2 heterocycles. The highest BCUT2D eigenvalue weighted by molar-refractivity contribution is 7.71. The lowest BCUT2D eigenvalue weighted by molar-refractivity contribution is 0.872. The second-order valence-corrected chi connectivity index (χ2v) is 6.03. The van der Waals surface area contributed by atoms with Crippen LogP contribution in [0.1, 0.15) is 5.56 Å². The van der Waals surface area contributed by atoms with Gasteiger partial charge in [-0.25, -0.2) is 5.10 Å². The second kappa shape index (κ2) is 6.07. The molecule has 118 valence electrons. The van der Waals surface area contributed by atoms with Gasteiger partial charge in [-0.3, -0.25) is 0 Å². The second-order valence-electron chi connectivity index (χ2n) is 5.21. The Balaban J connectivity index is 1.79. The van der Waals surface area contributed by atoms with E-state index in [2.05, 4.69) is 20.3 Å². The summed E-state index contributed by atoms with van der Waals surface area (Å²) >= 11 is 11.2. The SMILES string of the molecule is S=c1[nH]nc(-c2c[nH]c3ccccc23)n1/N=C/c1ccc(Cl)cc1. The summed E-state index contributed by atoms with van der Waals surface area (Å²) in [6.45, 7) is 0. The van der Waals surface area contributed by atoms with Crippen LogP contribution in [0.15, 0.2) is 59.8 Å². The maximum Gasteiger partial charge on any atom is 0.216 e. The first-order chi connectivity index (χ1) is 11.7. The Morgan fingerprint density at radius 1 is 1.12 bits per heavy atom. The highest BCUT2D eigenvalue weighted by atomic mass is 35.5. The van der Waals surface area contributed by atoms with Gasteiger partial charge < -0.3 is 4.98 Å². The fraction of sp³-hybridized carbons (Fsp3) is 0. The topological polar surface area (TPSA) is 61.8 Å². The zero-order valence-electron chi connectivity index (χ0n) is 12.4. The van der Waals surface area contributed by atoms with Gasteiger partial charge in [0.1, 0.15) is 0 Å². The Labute approximate surface area is 147 Å². The molecule has 5 nitrogen and oxygen atoms in total. The number of hydrogen-bond acceptors (Lipinski definition) is 3. The number of H-pyrrole nitrogens is 2. The van der Waals surface area contributed by atoms with Crippen molar-refractivity contribution in [2.75, 3.05) is 0 Å². The molecule has 7 heteroatoms. The summed E-state index contributed by atoms with van der Waals surface area (Å²) in [5.41, 5.74) is 2.90. The van der Waals surface area contributed by atoms with Crippen molar-refractivity contribution in [3.8, 4) is 11.4 Å². The predicted octanol–water partition coefficient (Wildman–Crippen LogP) is 4.62. The summed E-state index contributed by atoms with van der Waals surface area (Å²) in [6.07, 6.45) is 3.63. The van der Waals surface area contributed by atoms with E-state index >= 15 is 0 Å². The number of nitrogens with one attached hydrogen (secondary N) is 2. The third-order valence-corrected chi connectivity index (χ3v) is 4.19. The normalized spacial score (nSPS) is 11.5. The molecule has 4 rings (SSSR count). The Bertz CT molecular complexity index is 1090. The average molecular weight is 354 g/mol. The van der Waals surface area contributed by atoms with Crippen LogP contribution < -0.4 is 0 Å². The van der Waals surface area contributed by atoms with E-state index in [4.69, 9.17) is 23.8 Å². The number of benzene rings is 2. The maximum atomic E-state index is 5.90. The van der Waals surface area contributed by atoms with E-state index < -0.39 is 0 Å². The summed E-state index contributed by atoms with van der Waals surface area (Å²) in [4.78, 5) is 3.24. The van der Waals surface area contributed by atoms with Crippen molar-refractivity contribution < 1.29 is 0 Å². The van der Waals surface area contributed by atoms with E-state index in [0.717, 1.165) is 22.0 Å². The molecular formula is C17H12ClN5S. The summed E-state index contributed by atoms with van der Waals surface area (Å²) < 4.78 is 2.04. The summed E-state index contributed by atoms with van der Waals surface area (Å²) in [7, 11) is 0. The van der Waals surface area contributed by atoms with Crippen molar-refractivity contribution in [2.24, 2.45) is 5.10 Å². The molecule has 0 spiro atoms. The van der Waals surface area contributed by atoms with Gasteiger partial charge in [-0.1, -0.05) is 41.9 Å². The molecule has 24 heavy (non-hydrogen) atoms. The standard InChI is InChI=1S/C17H12ClN5S/c18-12-7-5-11(6-8-12)9-20-23-16(21-22-17(23)24)14-10-19-15-4-2-1-3-13(14)15/h1-10,19H,(H,22,24)/b20-9+. The van der Waals surface area contributed by atoms with Crippen molar-refractivity contribution in [3.05, 3.63) is 70.1 Å². The highest BCUT2D eigenvalue weighted by Crippen LogP contribution is 2.27. The molecule has 0 aliphatic rings. The van der Waals surface area contributed by atoms with E-state index in [1.165, 1.54) is 0 Å². The number of rotatable bonds is 3. The first-order valence-corrected chi connectivity index (χ1v) is 8.05. The molecule has 0 amide bonds. The van der Waals surface area contributed by atoms with Crippen LogP contribution in [0.4, 0.5) is 0 Å². The lowest BCUT2D eigenvalue weighted by Gasteiger charge is -2.00. The molecule has 2 aromatic heterocycles. The Morgan fingerprint density at radius 2 is 1.92 bits per heavy atom. The fourth-order valence-electron chi connectivity index (χ4n) is 2.50. The Kier molecular flexibility index (Phi) is 3.76. The van der Waals surface area contributed by atoms with Crippen LogP contribution in [-0.2, 0) is 0 Å². The van der Waals surface area contributed by atoms with Crippen molar-refractivity contribution in [2.45, 2.75) is 0 Å². The third-order valence-electron chi connectivity index (χ3n) is 3.67. The molecule has 2 aromatic carbocycles. The first-order valence-electron chi connectivity index (χ1n) is 7.26. The van der Waals surface area contributed by atoms with E-state index in [-0.39, 0.29) is 0 Å². The molecule has 0 unspecified atom stereocenters. The predicted molar refractivity (Wildman–Crippen MR) is 99.1 cm³/mol. The van der Waals surface area contributed by atoms with Crippen molar-refractivity contribution in [1.82, 2.24) is 19.9 Å².